The van der Waals surface area contributed by atoms with Crippen LogP contribution in [-0.4, -0.2) is 30.9 Å². The molecule has 1 fully saturated rings. The maximum Gasteiger partial charge on any atom is 0.246 e. The zero-order valence-corrected chi connectivity index (χ0v) is 14.2. The molecular weight excluding hydrogens is 290 g/mol. The third-order valence-electron chi connectivity index (χ3n) is 4.46. The SMILES string of the molecule is Cc1oc(C)c(S(=O)(=O)N2CCC(C(C)(C)C)C2)c1CO. The molecule has 1 aromatic rings. The van der Waals surface area contributed by atoms with Gasteiger partial charge >= 0.3 is 0 Å². The quantitative estimate of drug-likeness (QED) is 0.930. The van der Waals surface area contributed by atoms with Gasteiger partial charge in [0, 0.05) is 18.7 Å². The minimum Gasteiger partial charge on any atom is -0.465 e. The predicted octanol–water partition coefficient (Wildman–Crippen LogP) is 2.45. The third kappa shape index (κ3) is 2.89. The molecule has 1 unspecified atom stereocenters. The van der Waals surface area contributed by atoms with Crippen molar-refractivity contribution in [2.24, 2.45) is 11.3 Å². The van der Waals surface area contributed by atoms with E-state index in [-0.39, 0.29) is 16.9 Å². The summed E-state index contributed by atoms with van der Waals surface area (Å²) >= 11 is 0. The number of aryl methyl sites for hydroxylation is 2. The molecule has 0 aromatic carbocycles. The van der Waals surface area contributed by atoms with Gasteiger partial charge in [-0.25, -0.2) is 8.42 Å². The number of nitrogens with zero attached hydrogens (tertiary/aromatic N) is 1. The highest BCUT2D eigenvalue weighted by Gasteiger charge is 2.40. The van der Waals surface area contributed by atoms with Gasteiger partial charge in [-0.3, -0.25) is 0 Å². The molecule has 6 heteroatoms. The smallest absolute Gasteiger partial charge is 0.246 e. The van der Waals surface area contributed by atoms with Crippen molar-refractivity contribution in [3.05, 3.63) is 17.1 Å². The first-order valence-corrected chi connectivity index (χ1v) is 8.73. The molecule has 0 bridgehead atoms. The summed E-state index contributed by atoms with van der Waals surface area (Å²) in [5.74, 6) is 1.18. The zero-order chi connectivity index (χ0) is 16.0. The lowest BCUT2D eigenvalue weighted by Gasteiger charge is -2.26. The molecule has 1 N–H and O–H groups in total. The molecule has 0 radical (unpaired) electrons. The van der Waals surface area contributed by atoms with E-state index in [1.54, 1.807) is 13.8 Å². The molecule has 5 nitrogen and oxygen atoms in total. The van der Waals surface area contributed by atoms with E-state index in [9.17, 15) is 13.5 Å². The van der Waals surface area contributed by atoms with Crippen LogP contribution in [-0.2, 0) is 16.6 Å². The Balaban J connectivity index is 2.37. The van der Waals surface area contributed by atoms with E-state index in [1.807, 2.05) is 0 Å². The van der Waals surface area contributed by atoms with E-state index in [0.717, 1.165) is 6.42 Å². The van der Waals surface area contributed by atoms with Crippen LogP contribution in [0.5, 0.6) is 0 Å². The van der Waals surface area contributed by atoms with Gasteiger partial charge in [0.1, 0.15) is 16.4 Å². The summed E-state index contributed by atoms with van der Waals surface area (Å²) in [6, 6.07) is 0. The fourth-order valence-electron chi connectivity index (χ4n) is 3.01. The summed E-state index contributed by atoms with van der Waals surface area (Å²) in [6.45, 7) is 10.5. The third-order valence-corrected chi connectivity index (χ3v) is 6.52. The molecule has 1 aliphatic heterocycles. The van der Waals surface area contributed by atoms with Crippen LogP contribution in [0.4, 0.5) is 0 Å². The largest absolute Gasteiger partial charge is 0.465 e. The van der Waals surface area contributed by atoms with E-state index in [1.165, 1.54) is 4.31 Å². The number of aliphatic hydroxyl groups is 1. The van der Waals surface area contributed by atoms with Gasteiger partial charge in [-0.15, -0.1) is 0 Å². The number of hydrogen-bond donors (Lipinski definition) is 1. The molecule has 1 saturated heterocycles. The van der Waals surface area contributed by atoms with Gasteiger partial charge in [0.15, 0.2) is 0 Å². The highest BCUT2D eigenvalue weighted by Crippen LogP contribution is 2.37. The first kappa shape index (κ1) is 16.5. The molecule has 2 heterocycles. The van der Waals surface area contributed by atoms with Gasteiger partial charge < -0.3 is 9.52 Å². The summed E-state index contributed by atoms with van der Waals surface area (Å²) in [7, 11) is -3.60. The lowest BCUT2D eigenvalue weighted by atomic mass is 9.80. The van der Waals surface area contributed by atoms with Crippen molar-refractivity contribution in [3.63, 3.8) is 0 Å². The Hall–Kier alpha value is -0.850. The minimum atomic E-state index is -3.60. The van der Waals surface area contributed by atoms with E-state index in [2.05, 4.69) is 20.8 Å². The van der Waals surface area contributed by atoms with Crippen LogP contribution in [0.15, 0.2) is 9.31 Å². The standard InChI is InChI=1S/C15H25NO4S/c1-10-13(9-17)14(11(2)20-10)21(18,19)16-7-6-12(8-16)15(3,4)5/h12,17H,6-9H2,1-5H3. The van der Waals surface area contributed by atoms with Crippen LogP contribution in [0, 0.1) is 25.2 Å². The molecule has 120 valence electrons. The maximum atomic E-state index is 12.9. The van der Waals surface area contributed by atoms with Crippen molar-refractivity contribution in [1.82, 2.24) is 4.31 Å². The maximum absolute atomic E-state index is 12.9. The second kappa shape index (κ2) is 5.41. The molecule has 0 amide bonds. The summed E-state index contributed by atoms with van der Waals surface area (Å²) in [4.78, 5) is 0.150. The molecule has 0 saturated carbocycles. The van der Waals surface area contributed by atoms with Crippen LogP contribution in [0.25, 0.3) is 0 Å². The average Bonchev–Trinajstić information content (AvgIpc) is 2.93. The van der Waals surface area contributed by atoms with Crippen LogP contribution < -0.4 is 0 Å². The van der Waals surface area contributed by atoms with Crippen molar-refractivity contribution >= 4 is 10.0 Å². The predicted molar refractivity (Wildman–Crippen MR) is 80.4 cm³/mol. The second-order valence-electron chi connectivity index (χ2n) is 6.89. The van der Waals surface area contributed by atoms with E-state index in [0.29, 0.717) is 36.1 Å². The van der Waals surface area contributed by atoms with Crippen LogP contribution in [0.3, 0.4) is 0 Å². The topological polar surface area (TPSA) is 70.8 Å². The van der Waals surface area contributed by atoms with Crippen LogP contribution in [0.2, 0.25) is 0 Å². The van der Waals surface area contributed by atoms with Gasteiger partial charge in [-0.05, 0) is 31.6 Å². The molecule has 1 atom stereocenters. The Kier molecular flexibility index (Phi) is 4.26. The Morgan fingerprint density at radius 3 is 2.38 bits per heavy atom. The fourth-order valence-corrected chi connectivity index (χ4v) is 4.92. The summed E-state index contributed by atoms with van der Waals surface area (Å²) in [5, 5.41) is 9.46. The van der Waals surface area contributed by atoms with Crippen molar-refractivity contribution in [3.8, 4) is 0 Å². The van der Waals surface area contributed by atoms with Crippen molar-refractivity contribution < 1.29 is 17.9 Å². The van der Waals surface area contributed by atoms with Gasteiger partial charge in [-0.1, -0.05) is 20.8 Å². The van der Waals surface area contributed by atoms with E-state index >= 15 is 0 Å². The Morgan fingerprint density at radius 2 is 1.90 bits per heavy atom. The summed E-state index contributed by atoms with van der Waals surface area (Å²) < 4.78 is 32.7. The lowest BCUT2D eigenvalue weighted by molar-refractivity contribution is 0.251. The van der Waals surface area contributed by atoms with Crippen molar-refractivity contribution in [2.45, 2.75) is 52.5 Å². The molecule has 0 spiro atoms. The minimum absolute atomic E-state index is 0.0887. The lowest BCUT2D eigenvalue weighted by Crippen LogP contribution is -2.32. The molecular formula is C15H25NO4S. The molecule has 2 rings (SSSR count). The van der Waals surface area contributed by atoms with Gasteiger partial charge in [-0.2, -0.15) is 4.31 Å². The first-order chi connectivity index (χ1) is 9.59. The first-order valence-electron chi connectivity index (χ1n) is 7.29. The fraction of sp³-hybridized carbons (Fsp3) is 0.733. The summed E-state index contributed by atoms with van der Waals surface area (Å²) in [6.07, 6.45) is 0.868. The highest BCUT2D eigenvalue weighted by molar-refractivity contribution is 7.89. The number of furan rings is 1. The van der Waals surface area contributed by atoms with Crippen molar-refractivity contribution in [1.29, 1.82) is 0 Å². The normalized spacial score (nSPS) is 21.1. The molecule has 0 aliphatic carbocycles. The van der Waals surface area contributed by atoms with Crippen LogP contribution >= 0.6 is 0 Å². The molecule has 21 heavy (non-hydrogen) atoms. The highest BCUT2D eigenvalue weighted by atomic mass is 32.2. The monoisotopic (exact) mass is 315 g/mol. The van der Waals surface area contributed by atoms with Gasteiger partial charge in [0.05, 0.1) is 6.61 Å². The van der Waals surface area contributed by atoms with E-state index in [4.69, 9.17) is 4.42 Å². The van der Waals surface area contributed by atoms with Gasteiger partial charge in [0.25, 0.3) is 0 Å². The number of sulfonamides is 1. The molecule has 1 aliphatic rings. The average molecular weight is 315 g/mol. The number of rotatable bonds is 3. The van der Waals surface area contributed by atoms with E-state index < -0.39 is 10.0 Å². The second-order valence-corrected chi connectivity index (χ2v) is 8.77. The summed E-state index contributed by atoms with van der Waals surface area (Å²) in [5.41, 5.74) is 0.470. The van der Waals surface area contributed by atoms with Crippen LogP contribution in [0.1, 0.15) is 44.3 Å². The van der Waals surface area contributed by atoms with Crippen molar-refractivity contribution in [2.75, 3.05) is 13.1 Å². The Bertz CT molecular complexity index is 625. The number of aliphatic hydroxyl groups excluding tert-OH is 1. The Labute approximate surface area is 127 Å². The zero-order valence-electron chi connectivity index (χ0n) is 13.4. The number of hydrogen-bond acceptors (Lipinski definition) is 4. The molecule has 1 aromatic heterocycles. The Morgan fingerprint density at radius 1 is 1.29 bits per heavy atom. The van der Waals surface area contributed by atoms with Gasteiger partial charge in [0.2, 0.25) is 10.0 Å².